The van der Waals surface area contributed by atoms with Crippen molar-refractivity contribution < 1.29 is 9.53 Å². The highest BCUT2D eigenvalue weighted by molar-refractivity contribution is 8.13. The first-order chi connectivity index (χ1) is 20.2. The summed E-state index contributed by atoms with van der Waals surface area (Å²) in [4.78, 5) is 21.0. The van der Waals surface area contributed by atoms with Crippen molar-refractivity contribution in [2.45, 2.75) is 77.7 Å². The summed E-state index contributed by atoms with van der Waals surface area (Å²) in [5.41, 5.74) is 1.22. The van der Waals surface area contributed by atoms with Gasteiger partial charge in [0.1, 0.15) is 10.9 Å². The Bertz CT molecular complexity index is 1330. The molecule has 2 bridgehead atoms. The van der Waals surface area contributed by atoms with Crippen LogP contribution in [0.3, 0.4) is 0 Å². The zero-order chi connectivity index (χ0) is 29.4. The first-order valence-corrected chi connectivity index (χ1v) is 16.4. The molecule has 3 fully saturated rings. The number of hydrazone groups is 1. The highest BCUT2D eigenvalue weighted by Gasteiger charge is 2.42. The fraction of sp³-hybridized carbons (Fsp3) is 0.625. The quantitative estimate of drug-likeness (QED) is 0.373. The van der Waals surface area contributed by atoms with Crippen molar-refractivity contribution in [2.24, 2.45) is 28.8 Å². The van der Waals surface area contributed by atoms with Crippen molar-refractivity contribution >= 4 is 28.7 Å². The fourth-order valence-electron chi connectivity index (χ4n) is 6.77. The minimum atomic E-state index is -0.202. The Morgan fingerprint density at radius 1 is 1.19 bits per heavy atom. The lowest BCUT2D eigenvalue weighted by Crippen LogP contribution is -2.40. The molecule has 2 aliphatic heterocycles. The molecular weight excluding hydrogens is 546 g/mol. The van der Waals surface area contributed by atoms with E-state index in [-0.39, 0.29) is 11.4 Å². The number of aromatic nitrogens is 3. The van der Waals surface area contributed by atoms with Gasteiger partial charge in [0.05, 0.1) is 12.2 Å². The summed E-state index contributed by atoms with van der Waals surface area (Å²) in [6.45, 7) is 12.9. The topological polar surface area (TPSA) is 87.9 Å². The molecule has 4 heterocycles. The van der Waals surface area contributed by atoms with Crippen molar-refractivity contribution in [1.29, 1.82) is 0 Å². The molecule has 42 heavy (non-hydrogen) atoms. The van der Waals surface area contributed by atoms with Crippen LogP contribution >= 0.6 is 11.9 Å². The van der Waals surface area contributed by atoms with Gasteiger partial charge in [-0.15, -0.1) is 5.10 Å². The van der Waals surface area contributed by atoms with Crippen LogP contribution in [0, 0.1) is 23.7 Å². The van der Waals surface area contributed by atoms with Gasteiger partial charge in [-0.1, -0.05) is 6.58 Å². The molecule has 6 rings (SSSR count). The second-order valence-electron chi connectivity index (χ2n) is 13.4. The van der Waals surface area contributed by atoms with E-state index in [9.17, 15) is 4.79 Å². The Morgan fingerprint density at radius 3 is 2.67 bits per heavy atom. The molecule has 10 heteroatoms. The largest absolute Gasteiger partial charge is 0.477 e. The molecule has 0 aromatic carbocycles. The molecule has 226 valence electrons. The summed E-state index contributed by atoms with van der Waals surface area (Å²) in [5, 5.41) is 12.1. The average Bonchev–Trinajstić information content (AvgIpc) is 3.89. The minimum Gasteiger partial charge on any atom is -0.477 e. The zero-order valence-corrected chi connectivity index (χ0v) is 26.3. The SMILES string of the molecule is C=C(C)/C1=N\N(C)CCCC2CN(c3nc(-n4ccc(OCCC(C5CC5)C5CC5)n4)ccc3C(=O)NS1)C(C)(C)C2. The third kappa shape index (κ3) is 6.63. The molecule has 1 unspecified atom stereocenters. The molecule has 0 radical (unpaired) electrons. The molecule has 1 saturated heterocycles. The van der Waals surface area contributed by atoms with Crippen LogP contribution in [0.2, 0.25) is 0 Å². The van der Waals surface area contributed by atoms with Crippen molar-refractivity contribution in [3.8, 4) is 11.7 Å². The predicted octanol–water partition coefficient (Wildman–Crippen LogP) is 6.07. The van der Waals surface area contributed by atoms with Crippen LogP contribution in [-0.4, -0.2) is 63.0 Å². The number of nitrogens with one attached hydrogen (secondary N) is 1. The molecular formula is C32H45N7O2S. The van der Waals surface area contributed by atoms with Gasteiger partial charge in [0, 0.05) is 49.9 Å². The van der Waals surface area contributed by atoms with Gasteiger partial charge in [0.2, 0.25) is 5.88 Å². The summed E-state index contributed by atoms with van der Waals surface area (Å²) in [6, 6.07) is 5.64. The first-order valence-electron chi connectivity index (χ1n) is 15.6. The van der Waals surface area contributed by atoms with Gasteiger partial charge in [0.25, 0.3) is 5.91 Å². The van der Waals surface area contributed by atoms with Crippen LogP contribution in [0.1, 0.15) is 82.5 Å². The lowest BCUT2D eigenvalue weighted by Gasteiger charge is -2.34. The summed E-state index contributed by atoms with van der Waals surface area (Å²) < 4.78 is 10.9. The number of fused-ring (bicyclic) bond motifs is 4. The zero-order valence-electron chi connectivity index (χ0n) is 25.5. The van der Waals surface area contributed by atoms with Crippen LogP contribution in [0.15, 0.2) is 41.6 Å². The average molecular weight is 592 g/mol. The van der Waals surface area contributed by atoms with Crippen molar-refractivity contribution in [3.63, 3.8) is 0 Å². The number of ether oxygens (including phenoxy) is 1. The highest BCUT2D eigenvalue weighted by Crippen LogP contribution is 2.50. The monoisotopic (exact) mass is 591 g/mol. The second-order valence-corrected chi connectivity index (χ2v) is 14.1. The van der Waals surface area contributed by atoms with Gasteiger partial charge in [-0.05, 0) is 114 Å². The van der Waals surface area contributed by atoms with Crippen LogP contribution in [-0.2, 0) is 0 Å². The molecule has 1 amide bonds. The molecule has 2 aromatic rings. The molecule has 2 aliphatic carbocycles. The lowest BCUT2D eigenvalue weighted by atomic mass is 9.93. The number of carbonyl (C=O) groups is 1. The maximum Gasteiger partial charge on any atom is 0.265 e. The second kappa shape index (κ2) is 11.9. The molecule has 1 N–H and O–H groups in total. The Morgan fingerprint density at radius 2 is 1.95 bits per heavy atom. The third-order valence-corrected chi connectivity index (χ3v) is 10.1. The smallest absolute Gasteiger partial charge is 0.265 e. The molecule has 1 atom stereocenters. The standard InChI is InChI=1S/C32H45N7O2S/c1-21(2)31-35-37(5)16-6-7-22-19-32(3,4)38(20-22)29-26(30(40)36-42-31)12-13-27(33-29)39-17-14-28(34-39)41-18-15-25(23-8-9-23)24-10-11-24/h12-14,17,22-25H,1,6-11,15-16,18-20H2,2-5H3,(H,36,40)/b35-31+. The summed E-state index contributed by atoms with van der Waals surface area (Å²) >= 11 is 1.20. The lowest BCUT2D eigenvalue weighted by molar-refractivity contribution is 0.0984. The molecule has 4 aliphatic rings. The normalized spacial score (nSPS) is 24.1. The van der Waals surface area contributed by atoms with E-state index in [1.807, 2.05) is 43.4 Å². The van der Waals surface area contributed by atoms with Gasteiger partial charge in [-0.25, -0.2) is 9.67 Å². The van der Waals surface area contributed by atoms with Gasteiger partial charge in [-0.3, -0.25) is 14.5 Å². The fourth-order valence-corrected chi connectivity index (χ4v) is 7.43. The van der Waals surface area contributed by atoms with Crippen LogP contribution in [0.4, 0.5) is 5.82 Å². The number of amides is 1. The maximum absolute atomic E-state index is 13.6. The summed E-state index contributed by atoms with van der Waals surface area (Å²) in [6.07, 6.45) is 11.8. The number of anilines is 1. The predicted molar refractivity (Wildman–Crippen MR) is 169 cm³/mol. The molecule has 0 spiro atoms. The molecule has 2 aromatic heterocycles. The van der Waals surface area contributed by atoms with E-state index >= 15 is 0 Å². The van der Waals surface area contributed by atoms with Gasteiger partial charge in [-0.2, -0.15) is 5.10 Å². The molecule has 9 nitrogen and oxygen atoms in total. The number of nitrogens with zero attached hydrogens (tertiary/aromatic N) is 6. The van der Waals surface area contributed by atoms with Gasteiger partial charge < -0.3 is 9.64 Å². The van der Waals surface area contributed by atoms with E-state index in [0.717, 1.165) is 62.1 Å². The Labute approximate surface area is 254 Å². The van der Waals surface area contributed by atoms with E-state index in [1.54, 1.807) is 4.68 Å². The number of pyridine rings is 1. The Hall–Kier alpha value is -3.01. The van der Waals surface area contributed by atoms with Crippen LogP contribution in [0.25, 0.3) is 5.82 Å². The van der Waals surface area contributed by atoms with E-state index in [0.29, 0.717) is 40.6 Å². The summed E-state index contributed by atoms with van der Waals surface area (Å²) in [7, 11) is 1.98. The Kier molecular flexibility index (Phi) is 8.26. The Balaban J connectivity index is 1.24. The summed E-state index contributed by atoms with van der Waals surface area (Å²) in [5.74, 6) is 4.97. The van der Waals surface area contributed by atoms with Crippen molar-refractivity contribution in [3.05, 3.63) is 42.1 Å². The van der Waals surface area contributed by atoms with Gasteiger partial charge in [0.15, 0.2) is 5.82 Å². The number of rotatable bonds is 8. The number of carbonyl (C=O) groups excluding carboxylic acids is 1. The highest BCUT2D eigenvalue weighted by atomic mass is 32.2. The van der Waals surface area contributed by atoms with E-state index < -0.39 is 0 Å². The van der Waals surface area contributed by atoms with Gasteiger partial charge >= 0.3 is 0 Å². The third-order valence-electron chi connectivity index (χ3n) is 9.24. The van der Waals surface area contributed by atoms with E-state index in [2.05, 4.69) is 30.0 Å². The number of hydrogen-bond acceptors (Lipinski definition) is 8. The maximum atomic E-state index is 13.6. The van der Waals surface area contributed by atoms with Crippen molar-refractivity contribution in [2.75, 3.05) is 31.6 Å². The van der Waals surface area contributed by atoms with E-state index in [4.69, 9.17) is 19.9 Å². The number of hydrogen-bond donors (Lipinski definition) is 1. The van der Waals surface area contributed by atoms with Crippen LogP contribution in [0.5, 0.6) is 5.88 Å². The molecule has 2 saturated carbocycles. The van der Waals surface area contributed by atoms with Crippen LogP contribution < -0.4 is 14.4 Å². The van der Waals surface area contributed by atoms with Crippen molar-refractivity contribution in [1.82, 2.24) is 24.5 Å². The first kappa shape index (κ1) is 29.1. The minimum absolute atomic E-state index is 0.137. The van der Waals surface area contributed by atoms with E-state index in [1.165, 1.54) is 37.6 Å².